The summed E-state index contributed by atoms with van der Waals surface area (Å²) in [4.78, 5) is 12.3. The maximum absolute atomic E-state index is 12.3. The molecule has 0 radical (unpaired) electrons. The molecular weight excluding hydrogens is 248 g/mol. The van der Waals surface area contributed by atoms with Crippen LogP contribution in [0.4, 0.5) is 5.69 Å². The number of nitrogen functional groups attached to an aromatic ring is 1. The summed E-state index contributed by atoms with van der Waals surface area (Å²) < 4.78 is 0. The highest BCUT2D eigenvalue weighted by Gasteiger charge is 2.19. The van der Waals surface area contributed by atoms with Gasteiger partial charge in [0.15, 0.2) is 0 Å². The number of nitrogens with two attached hydrogens (primary N) is 1. The van der Waals surface area contributed by atoms with Crippen molar-refractivity contribution in [1.29, 1.82) is 0 Å². The third-order valence-corrected chi connectivity index (χ3v) is 4.07. The summed E-state index contributed by atoms with van der Waals surface area (Å²) in [6.07, 6.45) is 0. The van der Waals surface area contributed by atoms with Crippen molar-refractivity contribution < 1.29 is 4.79 Å². The van der Waals surface area contributed by atoms with Gasteiger partial charge in [-0.25, -0.2) is 0 Å². The predicted octanol–water partition coefficient (Wildman–Crippen LogP) is 3.54. The number of anilines is 1. The summed E-state index contributed by atoms with van der Waals surface area (Å²) >= 11 is 0. The zero-order valence-corrected chi connectivity index (χ0v) is 13.6. The first-order valence-electron chi connectivity index (χ1n) is 7.39. The molecule has 112 valence electrons. The minimum atomic E-state index is -0.0273. The van der Waals surface area contributed by atoms with Gasteiger partial charge in [-0.1, -0.05) is 33.8 Å². The van der Waals surface area contributed by atoms with Crippen LogP contribution in [0.5, 0.6) is 0 Å². The maximum Gasteiger partial charge on any atom is 0.251 e. The first kappa shape index (κ1) is 16.5. The molecule has 20 heavy (non-hydrogen) atoms. The number of amides is 1. The topological polar surface area (TPSA) is 55.1 Å². The SMILES string of the molecule is Cc1cc(C)c(C(=O)NCC(C(C)C)C(C)C)cc1N. The van der Waals surface area contributed by atoms with E-state index in [2.05, 4.69) is 33.0 Å². The molecular formula is C17H28N2O. The van der Waals surface area contributed by atoms with E-state index < -0.39 is 0 Å². The largest absolute Gasteiger partial charge is 0.398 e. The van der Waals surface area contributed by atoms with Gasteiger partial charge in [0.25, 0.3) is 5.91 Å². The second kappa shape index (κ2) is 6.78. The molecule has 3 heteroatoms. The lowest BCUT2D eigenvalue weighted by Crippen LogP contribution is -2.34. The molecule has 0 spiro atoms. The molecule has 1 aromatic rings. The van der Waals surface area contributed by atoms with Crippen LogP contribution in [0.25, 0.3) is 0 Å². The van der Waals surface area contributed by atoms with E-state index in [0.29, 0.717) is 35.5 Å². The fourth-order valence-corrected chi connectivity index (χ4v) is 2.66. The molecule has 0 aliphatic carbocycles. The average molecular weight is 276 g/mol. The van der Waals surface area contributed by atoms with Crippen LogP contribution in [0.2, 0.25) is 0 Å². The summed E-state index contributed by atoms with van der Waals surface area (Å²) in [7, 11) is 0. The molecule has 0 aliphatic heterocycles. The van der Waals surface area contributed by atoms with E-state index in [1.54, 1.807) is 6.07 Å². The van der Waals surface area contributed by atoms with Gasteiger partial charge in [-0.3, -0.25) is 4.79 Å². The molecule has 0 aliphatic rings. The van der Waals surface area contributed by atoms with Gasteiger partial charge in [0.05, 0.1) is 0 Å². The Labute approximate surface area is 122 Å². The minimum absolute atomic E-state index is 0.0273. The Kier molecular flexibility index (Phi) is 5.61. The Morgan fingerprint density at radius 3 is 2.15 bits per heavy atom. The van der Waals surface area contributed by atoms with Crippen LogP contribution in [0.1, 0.15) is 49.2 Å². The van der Waals surface area contributed by atoms with E-state index in [1.807, 2.05) is 19.9 Å². The second-order valence-corrected chi connectivity index (χ2v) is 6.39. The van der Waals surface area contributed by atoms with Crippen molar-refractivity contribution in [2.75, 3.05) is 12.3 Å². The molecule has 0 atom stereocenters. The van der Waals surface area contributed by atoms with Crippen LogP contribution in [0.3, 0.4) is 0 Å². The van der Waals surface area contributed by atoms with Gasteiger partial charge in [0.1, 0.15) is 0 Å². The molecule has 1 amide bonds. The monoisotopic (exact) mass is 276 g/mol. The summed E-state index contributed by atoms with van der Waals surface area (Å²) in [6.45, 7) is 13.4. The Morgan fingerprint density at radius 1 is 1.10 bits per heavy atom. The van der Waals surface area contributed by atoms with Gasteiger partial charge in [0, 0.05) is 17.8 Å². The quantitative estimate of drug-likeness (QED) is 0.808. The number of carbonyl (C=O) groups is 1. The highest BCUT2D eigenvalue weighted by Crippen LogP contribution is 2.21. The summed E-state index contributed by atoms with van der Waals surface area (Å²) in [5, 5.41) is 3.05. The van der Waals surface area contributed by atoms with Crippen LogP contribution < -0.4 is 11.1 Å². The average Bonchev–Trinajstić information content (AvgIpc) is 2.32. The highest BCUT2D eigenvalue weighted by atomic mass is 16.1. The van der Waals surface area contributed by atoms with Gasteiger partial charge in [0.2, 0.25) is 0 Å². The highest BCUT2D eigenvalue weighted by molar-refractivity contribution is 5.96. The lowest BCUT2D eigenvalue weighted by atomic mass is 9.85. The van der Waals surface area contributed by atoms with Crippen LogP contribution in [-0.2, 0) is 0 Å². The van der Waals surface area contributed by atoms with Gasteiger partial charge in [-0.05, 0) is 48.8 Å². The number of hydrogen-bond acceptors (Lipinski definition) is 2. The van der Waals surface area contributed by atoms with Crippen molar-refractivity contribution >= 4 is 11.6 Å². The van der Waals surface area contributed by atoms with Gasteiger partial charge in [-0.2, -0.15) is 0 Å². The first-order valence-corrected chi connectivity index (χ1v) is 7.39. The normalized spacial score (nSPS) is 11.4. The summed E-state index contributed by atoms with van der Waals surface area (Å²) in [5.41, 5.74) is 9.24. The molecule has 0 saturated heterocycles. The van der Waals surface area contributed by atoms with E-state index in [0.717, 1.165) is 11.1 Å². The number of rotatable bonds is 5. The number of carbonyl (C=O) groups excluding carboxylic acids is 1. The fourth-order valence-electron chi connectivity index (χ4n) is 2.66. The number of aryl methyl sites for hydroxylation is 2. The van der Waals surface area contributed by atoms with E-state index >= 15 is 0 Å². The molecule has 0 fully saturated rings. The van der Waals surface area contributed by atoms with E-state index in [1.165, 1.54) is 0 Å². The number of hydrogen-bond donors (Lipinski definition) is 2. The van der Waals surface area contributed by atoms with Crippen LogP contribution >= 0.6 is 0 Å². The van der Waals surface area contributed by atoms with Crippen molar-refractivity contribution in [2.24, 2.45) is 17.8 Å². The van der Waals surface area contributed by atoms with Gasteiger partial charge >= 0.3 is 0 Å². The number of nitrogens with one attached hydrogen (secondary N) is 1. The van der Waals surface area contributed by atoms with E-state index in [4.69, 9.17) is 5.73 Å². The smallest absolute Gasteiger partial charge is 0.251 e. The molecule has 3 nitrogen and oxygen atoms in total. The Bertz CT molecular complexity index is 470. The Balaban J connectivity index is 2.79. The van der Waals surface area contributed by atoms with E-state index in [9.17, 15) is 4.79 Å². The van der Waals surface area contributed by atoms with Crippen LogP contribution in [0, 0.1) is 31.6 Å². The minimum Gasteiger partial charge on any atom is -0.398 e. The zero-order chi connectivity index (χ0) is 15.4. The lowest BCUT2D eigenvalue weighted by Gasteiger charge is -2.25. The third kappa shape index (κ3) is 3.99. The number of benzene rings is 1. The van der Waals surface area contributed by atoms with Crippen LogP contribution in [0.15, 0.2) is 12.1 Å². The zero-order valence-electron chi connectivity index (χ0n) is 13.6. The van der Waals surface area contributed by atoms with Crippen LogP contribution in [-0.4, -0.2) is 12.5 Å². The van der Waals surface area contributed by atoms with Crippen molar-refractivity contribution in [1.82, 2.24) is 5.32 Å². The summed E-state index contributed by atoms with van der Waals surface area (Å²) in [6, 6.07) is 3.74. The summed E-state index contributed by atoms with van der Waals surface area (Å²) in [5.74, 6) is 1.57. The molecule has 1 rings (SSSR count). The fraction of sp³-hybridized carbons (Fsp3) is 0.588. The van der Waals surface area contributed by atoms with Gasteiger partial charge < -0.3 is 11.1 Å². The Hall–Kier alpha value is -1.51. The maximum atomic E-state index is 12.3. The molecule has 0 unspecified atom stereocenters. The predicted molar refractivity (Wildman–Crippen MR) is 85.8 cm³/mol. The second-order valence-electron chi connectivity index (χ2n) is 6.39. The van der Waals surface area contributed by atoms with Gasteiger partial charge in [-0.15, -0.1) is 0 Å². The standard InChI is InChI=1S/C17H28N2O/c1-10(2)15(11(3)4)9-19-17(20)14-8-16(18)13(6)7-12(14)5/h7-8,10-11,15H,9,18H2,1-6H3,(H,19,20). The van der Waals surface area contributed by atoms with Crippen molar-refractivity contribution in [3.8, 4) is 0 Å². The molecule has 3 N–H and O–H groups in total. The van der Waals surface area contributed by atoms with E-state index in [-0.39, 0.29) is 5.91 Å². The first-order chi connectivity index (χ1) is 9.23. The molecule has 0 bridgehead atoms. The third-order valence-electron chi connectivity index (χ3n) is 4.07. The molecule has 0 heterocycles. The van der Waals surface area contributed by atoms with Crippen molar-refractivity contribution in [3.05, 3.63) is 28.8 Å². The molecule has 0 saturated carbocycles. The lowest BCUT2D eigenvalue weighted by molar-refractivity contribution is 0.0936. The van der Waals surface area contributed by atoms with Crippen molar-refractivity contribution in [2.45, 2.75) is 41.5 Å². The Morgan fingerprint density at radius 2 is 1.65 bits per heavy atom. The molecule has 1 aromatic carbocycles. The van der Waals surface area contributed by atoms with Crippen molar-refractivity contribution in [3.63, 3.8) is 0 Å². The molecule has 0 aromatic heterocycles.